The summed E-state index contributed by atoms with van der Waals surface area (Å²) >= 11 is 0. The van der Waals surface area contributed by atoms with Gasteiger partial charge in [-0.15, -0.1) is 0 Å². The van der Waals surface area contributed by atoms with Crippen molar-refractivity contribution in [2.75, 3.05) is 5.43 Å². The third kappa shape index (κ3) is 2.77. The van der Waals surface area contributed by atoms with Gasteiger partial charge >= 0.3 is 5.69 Å². The molecule has 1 rings (SSSR count). The van der Waals surface area contributed by atoms with Gasteiger partial charge in [-0.05, 0) is 0 Å². The van der Waals surface area contributed by atoms with Gasteiger partial charge in [0.2, 0.25) is 5.91 Å². The number of H-pyrrole nitrogens is 2. The number of aromatic nitrogens is 2. The Bertz CT molecular complexity index is 405. The average molecular weight is 198 g/mol. The molecule has 0 unspecified atom stereocenters. The molecule has 0 bridgehead atoms. The molecule has 0 aliphatic carbocycles. The summed E-state index contributed by atoms with van der Waals surface area (Å²) in [7, 11) is 0. The van der Waals surface area contributed by atoms with E-state index < -0.39 is 11.2 Å². The van der Waals surface area contributed by atoms with Crippen LogP contribution in [0.5, 0.6) is 0 Å². The number of amides is 1. The van der Waals surface area contributed by atoms with Crippen molar-refractivity contribution in [3.8, 4) is 0 Å². The fourth-order valence-electron chi connectivity index (χ4n) is 0.761. The molecular weight excluding hydrogens is 188 g/mol. The van der Waals surface area contributed by atoms with Crippen LogP contribution in [0.1, 0.15) is 13.3 Å². The van der Waals surface area contributed by atoms with Gasteiger partial charge < -0.3 is 0 Å². The number of hydrazine groups is 1. The number of rotatable bonds is 3. The van der Waals surface area contributed by atoms with E-state index in [1.165, 1.54) is 0 Å². The minimum Gasteiger partial charge on any atom is -0.292 e. The number of hydrogen-bond donors (Lipinski definition) is 4. The molecule has 0 fully saturated rings. The molecule has 1 aromatic rings. The molecule has 0 aromatic carbocycles. The quantitative estimate of drug-likeness (QED) is 0.463. The van der Waals surface area contributed by atoms with Gasteiger partial charge in [0.1, 0.15) is 5.82 Å². The predicted octanol–water partition coefficient (Wildman–Crippen LogP) is -1.08. The van der Waals surface area contributed by atoms with Crippen molar-refractivity contribution in [3.05, 3.63) is 26.9 Å². The number of carbonyl (C=O) groups excluding carboxylic acids is 1. The zero-order valence-corrected chi connectivity index (χ0v) is 7.51. The largest absolute Gasteiger partial charge is 0.327 e. The lowest BCUT2D eigenvalue weighted by Crippen LogP contribution is -2.32. The van der Waals surface area contributed by atoms with Crippen LogP contribution in [-0.4, -0.2) is 15.9 Å². The third-order valence-electron chi connectivity index (χ3n) is 1.42. The maximum absolute atomic E-state index is 10.8. The van der Waals surface area contributed by atoms with Gasteiger partial charge in [0, 0.05) is 12.5 Å². The van der Waals surface area contributed by atoms with Gasteiger partial charge in [-0.1, -0.05) is 6.92 Å². The molecule has 76 valence electrons. The minimum absolute atomic E-state index is 0.139. The number of aromatic amines is 2. The molecule has 0 atom stereocenters. The molecule has 0 spiro atoms. The molecule has 0 saturated carbocycles. The van der Waals surface area contributed by atoms with Crippen molar-refractivity contribution in [1.82, 2.24) is 15.4 Å². The maximum atomic E-state index is 10.8. The monoisotopic (exact) mass is 198 g/mol. The Morgan fingerprint density at radius 2 is 2.14 bits per heavy atom. The average Bonchev–Trinajstić information content (AvgIpc) is 2.12. The van der Waals surface area contributed by atoms with E-state index in [9.17, 15) is 14.4 Å². The normalized spacial score (nSPS) is 9.50. The molecule has 1 aromatic heterocycles. The molecule has 0 saturated heterocycles. The second kappa shape index (κ2) is 4.26. The Morgan fingerprint density at radius 3 is 2.71 bits per heavy atom. The van der Waals surface area contributed by atoms with E-state index in [0.29, 0.717) is 6.42 Å². The summed E-state index contributed by atoms with van der Waals surface area (Å²) < 4.78 is 0. The highest BCUT2D eigenvalue weighted by molar-refractivity contribution is 5.76. The molecule has 7 heteroatoms. The van der Waals surface area contributed by atoms with Crippen LogP contribution < -0.4 is 22.1 Å². The van der Waals surface area contributed by atoms with Crippen LogP contribution in [-0.2, 0) is 4.79 Å². The lowest BCUT2D eigenvalue weighted by molar-refractivity contribution is -0.120. The molecule has 0 aliphatic heterocycles. The topological polar surface area (TPSA) is 107 Å². The van der Waals surface area contributed by atoms with E-state index in [0.717, 1.165) is 6.07 Å². The highest BCUT2D eigenvalue weighted by atomic mass is 16.2. The van der Waals surface area contributed by atoms with Crippen LogP contribution in [0.15, 0.2) is 15.7 Å². The number of hydrogen-bond acceptors (Lipinski definition) is 4. The summed E-state index contributed by atoms with van der Waals surface area (Å²) in [5.41, 5.74) is 3.52. The first kappa shape index (κ1) is 10.0. The van der Waals surface area contributed by atoms with E-state index in [2.05, 4.69) is 15.8 Å². The van der Waals surface area contributed by atoms with Crippen LogP contribution in [0.25, 0.3) is 0 Å². The summed E-state index contributed by atoms with van der Waals surface area (Å²) in [5, 5.41) is 0. The van der Waals surface area contributed by atoms with Gasteiger partial charge in [-0.25, -0.2) is 4.79 Å². The lowest BCUT2D eigenvalue weighted by Gasteiger charge is -2.05. The van der Waals surface area contributed by atoms with E-state index in [-0.39, 0.29) is 11.7 Å². The fourth-order valence-corrected chi connectivity index (χ4v) is 0.761. The summed E-state index contributed by atoms with van der Waals surface area (Å²) in [6.07, 6.45) is 0.306. The third-order valence-corrected chi connectivity index (χ3v) is 1.42. The summed E-state index contributed by atoms with van der Waals surface area (Å²) in [6, 6.07) is 1.12. The van der Waals surface area contributed by atoms with Gasteiger partial charge in [0.15, 0.2) is 0 Å². The van der Waals surface area contributed by atoms with Crippen molar-refractivity contribution in [2.24, 2.45) is 0 Å². The van der Waals surface area contributed by atoms with Crippen molar-refractivity contribution >= 4 is 11.7 Å². The molecule has 0 aliphatic rings. The summed E-state index contributed by atoms with van der Waals surface area (Å²) in [6.45, 7) is 1.68. The molecule has 7 nitrogen and oxygen atoms in total. The standard InChI is InChI=1S/C7H10N4O3/c1-2-5(12)11-10-4-3-6(13)9-7(14)8-4/h3H,2H2,1H3,(H,11,12)(H3,8,9,10,13,14). The van der Waals surface area contributed by atoms with Gasteiger partial charge in [0.25, 0.3) is 5.56 Å². The highest BCUT2D eigenvalue weighted by Gasteiger charge is 1.97. The smallest absolute Gasteiger partial charge is 0.292 e. The van der Waals surface area contributed by atoms with Crippen molar-refractivity contribution in [2.45, 2.75) is 13.3 Å². The van der Waals surface area contributed by atoms with Gasteiger partial charge in [-0.2, -0.15) is 0 Å². The minimum atomic E-state index is -0.634. The molecule has 4 N–H and O–H groups in total. The Labute approximate surface area is 78.5 Å². The van der Waals surface area contributed by atoms with Gasteiger partial charge in [-0.3, -0.25) is 30.4 Å². The Balaban J connectivity index is 2.73. The first-order valence-corrected chi connectivity index (χ1v) is 4.00. The summed E-state index contributed by atoms with van der Waals surface area (Å²) in [4.78, 5) is 36.6. The SMILES string of the molecule is CCC(=O)NNc1cc(=O)[nH]c(=O)[nH]1. The Hall–Kier alpha value is -2.05. The summed E-state index contributed by atoms with van der Waals surface area (Å²) in [5.74, 6) is -0.105. The number of nitrogens with one attached hydrogen (secondary N) is 4. The van der Waals surface area contributed by atoms with Crippen molar-refractivity contribution < 1.29 is 4.79 Å². The predicted molar refractivity (Wildman–Crippen MR) is 49.7 cm³/mol. The van der Waals surface area contributed by atoms with E-state index in [1.54, 1.807) is 6.92 Å². The van der Waals surface area contributed by atoms with Gasteiger partial charge in [0.05, 0.1) is 0 Å². The zero-order chi connectivity index (χ0) is 10.6. The Kier molecular flexibility index (Phi) is 3.05. The van der Waals surface area contributed by atoms with Crippen LogP contribution in [0.3, 0.4) is 0 Å². The van der Waals surface area contributed by atoms with Crippen LogP contribution in [0.4, 0.5) is 5.82 Å². The number of carbonyl (C=O) groups is 1. The molecule has 14 heavy (non-hydrogen) atoms. The van der Waals surface area contributed by atoms with Crippen LogP contribution >= 0.6 is 0 Å². The van der Waals surface area contributed by atoms with Crippen molar-refractivity contribution in [3.63, 3.8) is 0 Å². The molecular formula is C7H10N4O3. The first-order valence-electron chi connectivity index (χ1n) is 4.00. The second-order valence-corrected chi connectivity index (χ2v) is 2.53. The fraction of sp³-hybridized carbons (Fsp3) is 0.286. The molecule has 1 amide bonds. The highest BCUT2D eigenvalue weighted by Crippen LogP contribution is 1.88. The number of anilines is 1. The lowest BCUT2D eigenvalue weighted by atomic mass is 10.5. The second-order valence-electron chi connectivity index (χ2n) is 2.53. The van der Waals surface area contributed by atoms with Crippen molar-refractivity contribution in [1.29, 1.82) is 0 Å². The molecule has 1 heterocycles. The molecule has 0 radical (unpaired) electrons. The maximum Gasteiger partial charge on any atom is 0.327 e. The zero-order valence-electron chi connectivity index (χ0n) is 7.51. The first-order chi connectivity index (χ1) is 6.61. The van der Waals surface area contributed by atoms with Crippen LogP contribution in [0.2, 0.25) is 0 Å². The van der Waals surface area contributed by atoms with E-state index in [1.807, 2.05) is 4.98 Å². The van der Waals surface area contributed by atoms with Crippen LogP contribution in [0, 0.1) is 0 Å². The van der Waals surface area contributed by atoms with E-state index in [4.69, 9.17) is 0 Å². The van der Waals surface area contributed by atoms with E-state index >= 15 is 0 Å². The Morgan fingerprint density at radius 1 is 1.43 bits per heavy atom.